The topological polar surface area (TPSA) is 91.8 Å². The summed E-state index contributed by atoms with van der Waals surface area (Å²) in [7, 11) is -3.44. The fraction of sp³-hybridized carbons (Fsp3) is 0.818. The summed E-state index contributed by atoms with van der Waals surface area (Å²) in [5.41, 5.74) is -0.924. The lowest BCUT2D eigenvalue weighted by Crippen LogP contribution is -2.42. The molecule has 1 N–H and O–H groups in total. The van der Waals surface area contributed by atoms with Gasteiger partial charge in [-0.05, 0) is 19.8 Å². The third-order valence-corrected chi connectivity index (χ3v) is 5.27. The van der Waals surface area contributed by atoms with Crippen molar-refractivity contribution in [3.8, 4) is 0 Å². The lowest BCUT2D eigenvalue weighted by Gasteiger charge is -2.24. The van der Waals surface area contributed by atoms with Gasteiger partial charge in [0.1, 0.15) is 5.25 Å². The number of likely N-dealkylation sites (tertiary alicyclic amines) is 1. The quantitative estimate of drug-likeness (QED) is 0.788. The van der Waals surface area contributed by atoms with Crippen LogP contribution in [0.2, 0.25) is 0 Å². The summed E-state index contributed by atoms with van der Waals surface area (Å²) in [4.78, 5) is 24.6. The predicted molar refractivity (Wildman–Crippen MR) is 65.9 cm³/mol. The molecule has 0 saturated carbocycles. The van der Waals surface area contributed by atoms with Gasteiger partial charge in [0, 0.05) is 19.3 Å². The Kier molecular flexibility index (Phi) is 4.05. The Hall–Kier alpha value is -1.11. The van der Waals surface area contributed by atoms with Gasteiger partial charge in [0.05, 0.1) is 5.41 Å². The van der Waals surface area contributed by atoms with E-state index in [1.807, 2.05) is 0 Å². The first kappa shape index (κ1) is 14.9. The summed E-state index contributed by atoms with van der Waals surface area (Å²) >= 11 is 0. The maximum atomic E-state index is 12.0. The molecule has 0 radical (unpaired) electrons. The Morgan fingerprint density at radius 2 is 2.00 bits per heavy atom. The molecule has 0 aromatic rings. The zero-order valence-corrected chi connectivity index (χ0v) is 11.7. The van der Waals surface area contributed by atoms with Crippen molar-refractivity contribution in [2.24, 2.45) is 5.41 Å². The van der Waals surface area contributed by atoms with Crippen molar-refractivity contribution in [3.63, 3.8) is 0 Å². The zero-order valence-electron chi connectivity index (χ0n) is 10.8. The summed E-state index contributed by atoms with van der Waals surface area (Å²) in [6, 6.07) is 0. The number of sulfone groups is 1. The van der Waals surface area contributed by atoms with Gasteiger partial charge in [-0.25, -0.2) is 8.42 Å². The van der Waals surface area contributed by atoms with Gasteiger partial charge in [0.25, 0.3) is 0 Å². The summed E-state index contributed by atoms with van der Waals surface area (Å²) in [6.07, 6.45) is 1.82. The number of aliphatic carboxylic acids is 1. The molecule has 1 fully saturated rings. The molecule has 1 saturated heterocycles. The number of carboxylic acid groups (broad SMARTS) is 1. The normalized spacial score (nSPS) is 26.1. The molecule has 0 bridgehead atoms. The highest BCUT2D eigenvalue weighted by Gasteiger charge is 2.46. The van der Waals surface area contributed by atoms with Crippen molar-refractivity contribution in [1.82, 2.24) is 4.90 Å². The van der Waals surface area contributed by atoms with E-state index in [9.17, 15) is 23.1 Å². The summed E-state index contributed by atoms with van der Waals surface area (Å²) in [5, 5.41) is 8.09. The first-order chi connectivity index (χ1) is 8.14. The van der Waals surface area contributed by atoms with E-state index in [1.165, 1.54) is 11.8 Å². The van der Waals surface area contributed by atoms with E-state index >= 15 is 0 Å². The van der Waals surface area contributed by atoms with Crippen molar-refractivity contribution in [3.05, 3.63) is 0 Å². The average molecular weight is 277 g/mol. The number of nitrogens with zero attached hydrogens (tertiary/aromatic N) is 1. The SMILES string of the molecule is CCC1(C(=O)O)CCN(C(=O)C(C)S(C)(=O)=O)C1. The third-order valence-electron chi connectivity index (χ3n) is 3.79. The van der Waals surface area contributed by atoms with E-state index < -0.39 is 32.4 Å². The smallest absolute Gasteiger partial charge is 0.311 e. The first-order valence-corrected chi connectivity index (χ1v) is 7.80. The fourth-order valence-electron chi connectivity index (χ4n) is 2.12. The molecule has 0 aliphatic carbocycles. The third kappa shape index (κ3) is 2.66. The van der Waals surface area contributed by atoms with Crippen LogP contribution in [-0.2, 0) is 19.4 Å². The highest BCUT2D eigenvalue weighted by Crippen LogP contribution is 2.34. The molecule has 1 aliphatic heterocycles. The van der Waals surface area contributed by atoms with Crippen molar-refractivity contribution in [1.29, 1.82) is 0 Å². The van der Waals surface area contributed by atoms with Gasteiger partial charge in [-0.15, -0.1) is 0 Å². The minimum absolute atomic E-state index is 0.0948. The second kappa shape index (κ2) is 4.87. The number of carbonyl (C=O) groups is 2. The lowest BCUT2D eigenvalue weighted by atomic mass is 9.84. The molecule has 0 aromatic heterocycles. The van der Waals surface area contributed by atoms with Crippen molar-refractivity contribution in [2.75, 3.05) is 19.3 Å². The Bertz CT molecular complexity index is 458. The Balaban J connectivity index is 2.85. The molecule has 7 heteroatoms. The Morgan fingerprint density at radius 3 is 2.33 bits per heavy atom. The van der Waals surface area contributed by atoms with Crippen LogP contribution in [0.1, 0.15) is 26.7 Å². The van der Waals surface area contributed by atoms with E-state index in [0.29, 0.717) is 19.4 Å². The molecule has 2 atom stereocenters. The average Bonchev–Trinajstić information content (AvgIpc) is 2.71. The molecule has 0 aromatic carbocycles. The van der Waals surface area contributed by atoms with E-state index in [4.69, 9.17) is 0 Å². The van der Waals surface area contributed by atoms with Crippen LogP contribution in [0.3, 0.4) is 0 Å². The fourth-order valence-corrected chi connectivity index (χ4v) is 2.63. The van der Waals surface area contributed by atoms with E-state index in [-0.39, 0.29) is 6.54 Å². The van der Waals surface area contributed by atoms with E-state index in [2.05, 4.69) is 0 Å². The predicted octanol–water partition coefficient (Wildman–Crippen LogP) is 0.133. The number of hydrogen-bond acceptors (Lipinski definition) is 4. The summed E-state index contributed by atoms with van der Waals surface area (Å²) < 4.78 is 22.7. The van der Waals surface area contributed by atoms with Gasteiger partial charge in [0.15, 0.2) is 9.84 Å². The molecular weight excluding hydrogens is 258 g/mol. The molecule has 1 aliphatic rings. The standard InChI is InChI=1S/C11H19NO5S/c1-4-11(10(14)15)5-6-12(7-11)9(13)8(2)18(3,16)17/h8H,4-7H2,1-3H3,(H,14,15). The van der Waals surface area contributed by atoms with Gasteiger partial charge >= 0.3 is 5.97 Å². The number of rotatable bonds is 4. The molecule has 2 unspecified atom stereocenters. The lowest BCUT2D eigenvalue weighted by molar-refractivity contribution is -0.148. The largest absolute Gasteiger partial charge is 0.481 e. The van der Waals surface area contributed by atoms with Gasteiger partial charge in [0.2, 0.25) is 5.91 Å². The number of hydrogen-bond donors (Lipinski definition) is 1. The minimum Gasteiger partial charge on any atom is -0.481 e. The van der Waals surface area contributed by atoms with Crippen molar-refractivity contribution in [2.45, 2.75) is 31.9 Å². The number of carboxylic acids is 1. The maximum Gasteiger partial charge on any atom is 0.311 e. The molecule has 1 amide bonds. The van der Waals surface area contributed by atoms with Crippen LogP contribution >= 0.6 is 0 Å². The van der Waals surface area contributed by atoms with Gasteiger partial charge < -0.3 is 10.0 Å². The van der Waals surface area contributed by atoms with Crippen LogP contribution in [0, 0.1) is 5.41 Å². The van der Waals surface area contributed by atoms with Gasteiger partial charge in [-0.2, -0.15) is 0 Å². The molecule has 6 nitrogen and oxygen atoms in total. The minimum atomic E-state index is -3.44. The number of amides is 1. The monoisotopic (exact) mass is 277 g/mol. The molecule has 1 heterocycles. The van der Waals surface area contributed by atoms with Crippen LogP contribution in [0.5, 0.6) is 0 Å². The maximum absolute atomic E-state index is 12.0. The van der Waals surface area contributed by atoms with Crippen LogP contribution < -0.4 is 0 Å². The van der Waals surface area contributed by atoms with Crippen LogP contribution in [-0.4, -0.2) is 54.9 Å². The molecule has 0 spiro atoms. The second-order valence-corrected chi connectivity index (χ2v) is 7.29. The van der Waals surface area contributed by atoms with Gasteiger partial charge in [-0.1, -0.05) is 6.92 Å². The highest BCUT2D eigenvalue weighted by molar-refractivity contribution is 7.92. The van der Waals surface area contributed by atoms with E-state index in [0.717, 1.165) is 6.26 Å². The molecule has 18 heavy (non-hydrogen) atoms. The zero-order chi connectivity index (χ0) is 14.1. The summed E-state index contributed by atoms with van der Waals surface area (Å²) in [6.45, 7) is 3.50. The number of carbonyl (C=O) groups excluding carboxylic acids is 1. The Labute approximate surface area is 107 Å². The second-order valence-electron chi connectivity index (χ2n) is 4.92. The summed E-state index contributed by atoms with van der Waals surface area (Å²) in [5.74, 6) is -1.43. The van der Waals surface area contributed by atoms with Crippen LogP contribution in [0.25, 0.3) is 0 Å². The van der Waals surface area contributed by atoms with E-state index in [1.54, 1.807) is 6.92 Å². The van der Waals surface area contributed by atoms with Crippen molar-refractivity contribution < 1.29 is 23.1 Å². The highest BCUT2D eigenvalue weighted by atomic mass is 32.2. The molecule has 104 valence electrons. The van der Waals surface area contributed by atoms with Crippen LogP contribution in [0.4, 0.5) is 0 Å². The van der Waals surface area contributed by atoms with Crippen LogP contribution in [0.15, 0.2) is 0 Å². The van der Waals surface area contributed by atoms with Gasteiger partial charge in [-0.3, -0.25) is 9.59 Å². The molecular formula is C11H19NO5S. The molecule has 1 rings (SSSR count). The Morgan fingerprint density at radius 1 is 1.44 bits per heavy atom. The van der Waals surface area contributed by atoms with Crippen molar-refractivity contribution >= 4 is 21.7 Å². The first-order valence-electron chi connectivity index (χ1n) is 5.85.